The van der Waals surface area contributed by atoms with Crippen molar-refractivity contribution in [2.45, 2.75) is 44.3 Å². The number of hydrogen-bond donors (Lipinski definition) is 0. The fourth-order valence-electron chi connectivity index (χ4n) is 0.932. The van der Waals surface area contributed by atoms with Gasteiger partial charge in [0.05, 0.1) is 0 Å². The van der Waals surface area contributed by atoms with E-state index >= 15 is 0 Å². The van der Waals surface area contributed by atoms with Gasteiger partial charge in [0, 0.05) is 5.25 Å². The summed E-state index contributed by atoms with van der Waals surface area (Å²) in [5.41, 5.74) is 0. The Hall–Kier alpha value is 0.350. The maximum atomic E-state index is 2.27. The largest absolute Gasteiger partial charge is 0.159 e. The highest BCUT2D eigenvalue weighted by Gasteiger charge is 2.16. The van der Waals surface area contributed by atoms with Gasteiger partial charge in [-0.15, -0.1) is 0 Å². The minimum absolute atomic E-state index is 1.05. The third-order valence-corrected chi connectivity index (χ3v) is 3.37. The highest BCUT2D eigenvalue weighted by atomic mass is 32.2. The summed E-state index contributed by atoms with van der Waals surface area (Å²) in [5, 5.41) is 1.05. The van der Waals surface area contributed by atoms with E-state index in [1.807, 2.05) is 0 Å². The lowest BCUT2D eigenvalue weighted by atomic mass is 10.0. The van der Waals surface area contributed by atoms with E-state index in [2.05, 4.69) is 18.7 Å². The van der Waals surface area contributed by atoms with Crippen molar-refractivity contribution < 1.29 is 0 Å². The Balaban J connectivity index is 1.80. The van der Waals surface area contributed by atoms with Crippen LogP contribution in [0.3, 0.4) is 0 Å². The van der Waals surface area contributed by atoms with Gasteiger partial charge in [-0.05, 0) is 25.0 Å². The van der Waals surface area contributed by atoms with Crippen LogP contribution in [0.15, 0.2) is 0 Å². The third kappa shape index (κ3) is 2.61. The fraction of sp³-hybridized carbons (Fsp3) is 1.00. The van der Waals surface area contributed by atoms with E-state index in [4.69, 9.17) is 0 Å². The van der Waals surface area contributed by atoms with E-state index in [0.29, 0.717) is 0 Å². The van der Waals surface area contributed by atoms with Gasteiger partial charge in [-0.25, -0.2) is 0 Å². The van der Waals surface area contributed by atoms with Crippen molar-refractivity contribution in [1.29, 1.82) is 0 Å². The van der Waals surface area contributed by atoms with Gasteiger partial charge in [0.15, 0.2) is 0 Å². The summed E-state index contributed by atoms with van der Waals surface area (Å²) in [6.45, 7) is 2.27. The first kappa shape index (κ1) is 7.46. The molecule has 1 heteroatoms. The quantitative estimate of drug-likeness (QED) is 0.546. The van der Waals surface area contributed by atoms with Gasteiger partial charge >= 0.3 is 0 Å². The molecule has 1 aliphatic rings. The lowest BCUT2D eigenvalue weighted by Crippen LogP contribution is -2.13. The molecule has 0 bridgehead atoms. The highest BCUT2D eigenvalue weighted by molar-refractivity contribution is 7.99. The van der Waals surface area contributed by atoms with Crippen molar-refractivity contribution in [1.82, 2.24) is 0 Å². The lowest BCUT2D eigenvalue weighted by Gasteiger charge is -2.24. The van der Waals surface area contributed by atoms with Crippen LogP contribution in [-0.2, 0) is 0 Å². The van der Waals surface area contributed by atoms with Gasteiger partial charge in [0.2, 0.25) is 0 Å². The zero-order valence-corrected chi connectivity index (χ0v) is 7.04. The molecule has 0 saturated heterocycles. The molecule has 1 saturated carbocycles. The Labute approximate surface area is 62.4 Å². The van der Waals surface area contributed by atoms with E-state index < -0.39 is 0 Å². The molecule has 1 aliphatic carbocycles. The van der Waals surface area contributed by atoms with E-state index in [1.165, 1.54) is 37.9 Å². The van der Waals surface area contributed by atoms with Gasteiger partial charge in [-0.3, -0.25) is 0 Å². The van der Waals surface area contributed by atoms with Crippen LogP contribution < -0.4 is 0 Å². The molecule has 0 amide bonds. The molecule has 9 heavy (non-hydrogen) atoms. The van der Waals surface area contributed by atoms with Crippen molar-refractivity contribution in [2.75, 3.05) is 5.75 Å². The van der Waals surface area contributed by atoms with Crippen LogP contribution in [0.2, 0.25) is 0 Å². The number of hydrogen-bond acceptors (Lipinski definition) is 1. The first-order valence-corrected chi connectivity index (χ1v) is 5.10. The number of thioether (sulfide) groups is 1. The molecular weight excluding hydrogens is 128 g/mol. The van der Waals surface area contributed by atoms with Crippen LogP contribution in [0.5, 0.6) is 0 Å². The monoisotopic (exact) mass is 144 g/mol. The van der Waals surface area contributed by atoms with Gasteiger partial charge in [-0.1, -0.05) is 19.8 Å². The molecule has 1 fully saturated rings. The summed E-state index contributed by atoms with van der Waals surface area (Å²) in [6.07, 6.45) is 7.26. The molecule has 0 unspecified atom stereocenters. The summed E-state index contributed by atoms with van der Waals surface area (Å²) in [5.74, 6) is 1.40. The first-order valence-electron chi connectivity index (χ1n) is 4.05. The normalized spacial score (nSPS) is 19.7. The molecule has 54 valence electrons. The molecule has 0 aromatic rings. The molecule has 1 rings (SSSR count). The predicted molar refractivity (Wildman–Crippen MR) is 45.0 cm³/mol. The summed E-state index contributed by atoms with van der Waals surface area (Å²) in [4.78, 5) is 0. The van der Waals surface area contributed by atoms with Crippen LogP contribution in [0.4, 0.5) is 0 Å². The third-order valence-electron chi connectivity index (χ3n) is 1.90. The zero-order chi connectivity index (χ0) is 6.53. The van der Waals surface area contributed by atoms with Crippen LogP contribution >= 0.6 is 11.8 Å². The molecule has 0 radical (unpaired) electrons. The topological polar surface area (TPSA) is 0 Å². The second-order valence-corrected chi connectivity index (χ2v) is 4.19. The number of rotatable bonds is 4. The van der Waals surface area contributed by atoms with Crippen LogP contribution in [0.25, 0.3) is 0 Å². The SMILES string of the molecule is CCCCSC1CCC1. The Morgan fingerprint density at radius 3 is 2.67 bits per heavy atom. The summed E-state index contributed by atoms with van der Waals surface area (Å²) in [7, 11) is 0. The average molecular weight is 144 g/mol. The standard InChI is InChI=1S/C8H16S/c1-2-3-7-9-8-5-4-6-8/h8H,2-7H2,1H3. The van der Waals surface area contributed by atoms with Crippen molar-refractivity contribution in [3.8, 4) is 0 Å². The molecule has 0 heterocycles. The molecule has 0 aliphatic heterocycles. The van der Waals surface area contributed by atoms with Crippen LogP contribution in [0.1, 0.15) is 39.0 Å². The van der Waals surface area contributed by atoms with Crippen molar-refractivity contribution in [3.63, 3.8) is 0 Å². The molecule has 0 nitrogen and oxygen atoms in total. The van der Waals surface area contributed by atoms with Gasteiger partial charge in [0.25, 0.3) is 0 Å². The molecule has 0 spiro atoms. The Morgan fingerprint density at radius 1 is 1.44 bits per heavy atom. The van der Waals surface area contributed by atoms with Crippen LogP contribution in [-0.4, -0.2) is 11.0 Å². The predicted octanol–water partition coefficient (Wildman–Crippen LogP) is 3.07. The summed E-state index contributed by atoms with van der Waals surface area (Å²) < 4.78 is 0. The highest BCUT2D eigenvalue weighted by Crippen LogP contribution is 2.31. The van der Waals surface area contributed by atoms with Crippen molar-refractivity contribution >= 4 is 11.8 Å². The van der Waals surface area contributed by atoms with Gasteiger partial charge in [0.1, 0.15) is 0 Å². The maximum absolute atomic E-state index is 2.27. The summed E-state index contributed by atoms with van der Waals surface area (Å²) in [6, 6.07) is 0. The smallest absolute Gasteiger partial charge is 0.00470 e. The molecular formula is C8H16S. The average Bonchev–Trinajstić information content (AvgIpc) is 1.76. The van der Waals surface area contributed by atoms with Crippen molar-refractivity contribution in [3.05, 3.63) is 0 Å². The van der Waals surface area contributed by atoms with E-state index in [1.54, 1.807) is 0 Å². The fourth-order valence-corrected chi connectivity index (χ4v) is 2.39. The van der Waals surface area contributed by atoms with E-state index in [9.17, 15) is 0 Å². The van der Waals surface area contributed by atoms with E-state index in [0.717, 1.165) is 5.25 Å². The number of unbranched alkanes of at least 4 members (excludes halogenated alkanes) is 1. The van der Waals surface area contributed by atoms with Crippen LogP contribution in [0, 0.1) is 0 Å². The van der Waals surface area contributed by atoms with Crippen molar-refractivity contribution in [2.24, 2.45) is 0 Å². The molecule has 0 aromatic heterocycles. The van der Waals surface area contributed by atoms with Gasteiger partial charge in [-0.2, -0.15) is 11.8 Å². The zero-order valence-electron chi connectivity index (χ0n) is 6.23. The molecule has 0 atom stereocenters. The maximum Gasteiger partial charge on any atom is 0.00470 e. The summed E-state index contributed by atoms with van der Waals surface area (Å²) >= 11 is 2.19. The molecule has 0 aromatic carbocycles. The Bertz CT molecular complexity index is 67.0. The Kier molecular flexibility index (Phi) is 3.49. The van der Waals surface area contributed by atoms with Gasteiger partial charge < -0.3 is 0 Å². The minimum atomic E-state index is 1.05. The first-order chi connectivity index (χ1) is 4.43. The second-order valence-electron chi connectivity index (χ2n) is 2.78. The van der Waals surface area contributed by atoms with E-state index in [-0.39, 0.29) is 0 Å². The lowest BCUT2D eigenvalue weighted by molar-refractivity contribution is 0.522. The Morgan fingerprint density at radius 2 is 2.22 bits per heavy atom. The minimum Gasteiger partial charge on any atom is -0.159 e. The second kappa shape index (κ2) is 4.21. The molecule has 0 N–H and O–H groups in total.